The van der Waals surface area contributed by atoms with Crippen LogP contribution in [0.15, 0.2) is 39.9 Å². The molecular weight excluding hydrogens is 328 g/mol. The van der Waals surface area contributed by atoms with E-state index in [-0.39, 0.29) is 5.70 Å². The van der Waals surface area contributed by atoms with Crippen LogP contribution in [-0.4, -0.2) is 48.1 Å². The highest BCUT2D eigenvalue weighted by molar-refractivity contribution is 7.08. The van der Waals surface area contributed by atoms with Gasteiger partial charge in [-0.2, -0.15) is 11.3 Å². The van der Waals surface area contributed by atoms with Crippen LogP contribution in [0, 0.1) is 0 Å². The lowest BCUT2D eigenvalue weighted by Gasteiger charge is -2.26. The van der Waals surface area contributed by atoms with Crippen molar-refractivity contribution in [2.45, 2.75) is 0 Å². The summed E-state index contributed by atoms with van der Waals surface area (Å²) >= 11 is 1.52. The van der Waals surface area contributed by atoms with Crippen LogP contribution in [0.1, 0.15) is 11.1 Å². The Morgan fingerprint density at radius 3 is 2.71 bits per heavy atom. The van der Waals surface area contributed by atoms with Crippen molar-refractivity contribution in [3.63, 3.8) is 0 Å². The number of carbonyl (C=O) groups is 1. The summed E-state index contributed by atoms with van der Waals surface area (Å²) in [6.45, 7) is 2.92. The van der Waals surface area contributed by atoms with Gasteiger partial charge in [0.1, 0.15) is 0 Å². The second-order valence-electron chi connectivity index (χ2n) is 5.26. The predicted octanol–water partition coefficient (Wildman–Crippen LogP) is 1.72. The minimum Gasteiger partial charge on any atom is -0.402 e. The van der Waals surface area contributed by atoms with Gasteiger partial charge in [-0.3, -0.25) is 0 Å². The fourth-order valence-corrected chi connectivity index (χ4v) is 3.04. The number of carbonyl (C=O) groups excluding carboxylic acids is 1. The van der Waals surface area contributed by atoms with Crippen molar-refractivity contribution >= 4 is 35.2 Å². The van der Waals surface area contributed by atoms with Crippen molar-refractivity contribution < 1.29 is 14.3 Å². The highest BCUT2D eigenvalue weighted by Crippen LogP contribution is 2.20. The monoisotopic (exact) mass is 342 g/mol. The molecule has 8 heteroatoms. The van der Waals surface area contributed by atoms with Crippen LogP contribution in [0.4, 0.5) is 5.95 Å². The molecular formula is C16H14N4O3S. The van der Waals surface area contributed by atoms with Crippen molar-refractivity contribution in [1.82, 2.24) is 9.97 Å². The Morgan fingerprint density at radius 1 is 1.21 bits per heavy atom. The van der Waals surface area contributed by atoms with Crippen LogP contribution in [0.2, 0.25) is 0 Å². The van der Waals surface area contributed by atoms with Crippen LogP contribution in [0.3, 0.4) is 0 Å². The number of cyclic esters (lactones) is 1. The maximum Gasteiger partial charge on any atom is 0.363 e. The average Bonchev–Trinajstić information content (AvgIpc) is 3.27. The number of ether oxygens (including phenoxy) is 2. The fraction of sp³-hybridized carbons (Fsp3) is 0.250. The van der Waals surface area contributed by atoms with E-state index in [9.17, 15) is 4.79 Å². The molecule has 24 heavy (non-hydrogen) atoms. The maximum absolute atomic E-state index is 11.9. The van der Waals surface area contributed by atoms with E-state index in [0.29, 0.717) is 30.6 Å². The Kier molecular flexibility index (Phi) is 4.06. The summed E-state index contributed by atoms with van der Waals surface area (Å²) in [6.07, 6.45) is 4.98. The molecule has 1 fully saturated rings. The normalized spacial score (nSPS) is 19.5. The minimum absolute atomic E-state index is 0.249. The smallest absolute Gasteiger partial charge is 0.363 e. The molecule has 0 radical (unpaired) electrons. The zero-order chi connectivity index (χ0) is 16.4. The highest BCUT2D eigenvalue weighted by atomic mass is 32.1. The zero-order valence-corrected chi connectivity index (χ0v) is 13.5. The summed E-state index contributed by atoms with van der Waals surface area (Å²) in [5, 5.41) is 3.79. The number of nitrogens with zero attached hydrogens (tertiary/aromatic N) is 4. The summed E-state index contributed by atoms with van der Waals surface area (Å²) in [7, 11) is 0. The molecule has 0 aromatic carbocycles. The van der Waals surface area contributed by atoms with E-state index in [2.05, 4.69) is 19.9 Å². The Hall–Kier alpha value is -2.58. The number of esters is 1. The number of aliphatic imine (C=N–C) groups is 1. The standard InChI is InChI=1S/C16H14N4O3S/c21-15-13(19-14(23-15)12-1-6-24-10-12)7-11-8-17-16(18-9-11)20-2-4-22-5-3-20/h1,6-10H,2-5H2/b13-7+. The van der Waals surface area contributed by atoms with E-state index in [1.165, 1.54) is 11.3 Å². The SMILES string of the molecule is O=C1OC(c2ccsc2)=N/C1=C/c1cnc(N2CCOCC2)nc1. The molecule has 122 valence electrons. The fourth-order valence-electron chi connectivity index (χ4n) is 2.41. The predicted molar refractivity (Wildman–Crippen MR) is 90.0 cm³/mol. The van der Waals surface area contributed by atoms with Gasteiger partial charge in [0.15, 0.2) is 5.70 Å². The summed E-state index contributed by atoms with van der Waals surface area (Å²) < 4.78 is 10.5. The van der Waals surface area contributed by atoms with Crippen LogP contribution in [-0.2, 0) is 14.3 Å². The van der Waals surface area contributed by atoms with Gasteiger partial charge in [-0.25, -0.2) is 19.8 Å². The first-order chi connectivity index (χ1) is 11.8. The molecule has 0 amide bonds. The number of hydrogen-bond donors (Lipinski definition) is 0. The van der Waals surface area contributed by atoms with Crippen molar-refractivity contribution in [3.05, 3.63) is 46.0 Å². The number of rotatable bonds is 3. The van der Waals surface area contributed by atoms with Gasteiger partial charge in [0.2, 0.25) is 11.8 Å². The molecule has 2 aromatic rings. The molecule has 0 unspecified atom stereocenters. The second kappa shape index (κ2) is 6.50. The van der Waals surface area contributed by atoms with Gasteiger partial charge in [0, 0.05) is 42.0 Å². The Labute approximate surface area is 142 Å². The molecule has 0 bridgehead atoms. The first-order valence-electron chi connectivity index (χ1n) is 7.49. The minimum atomic E-state index is -0.464. The third kappa shape index (κ3) is 3.06. The van der Waals surface area contributed by atoms with Gasteiger partial charge in [-0.05, 0) is 17.5 Å². The van der Waals surface area contributed by atoms with E-state index >= 15 is 0 Å². The molecule has 4 rings (SSSR count). The molecule has 0 aliphatic carbocycles. The molecule has 1 saturated heterocycles. The van der Waals surface area contributed by atoms with E-state index < -0.39 is 5.97 Å². The summed E-state index contributed by atoms with van der Waals surface area (Å²) in [4.78, 5) is 27.0. The lowest BCUT2D eigenvalue weighted by atomic mass is 10.3. The van der Waals surface area contributed by atoms with Crippen molar-refractivity contribution in [2.75, 3.05) is 31.2 Å². The number of thiophene rings is 1. The lowest BCUT2D eigenvalue weighted by Crippen LogP contribution is -2.37. The maximum atomic E-state index is 11.9. The molecule has 0 saturated carbocycles. The van der Waals surface area contributed by atoms with Gasteiger partial charge in [-0.15, -0.1) is 0 Å². The van der Waals surface area contributed by atoms with Crippen LogP contribution in [0.25, 0.3) is 6.08 Å². The van der Waals surface area contributed by atoms with Crippen LogP contribution < -0.4 is 4.90 Å². The number of morpholine rings is 1. The van der Waals surface area contributed by atoms with E-state index in [4.69, 9.17) is 9.47 Å². The average molecular weight is 342 g/mol. The third-order valence-electron chi connectivity index (χ3n) is 3.64. The Morgan fingerprint density at radius 2 is 2.00 bits per heavy atom. The Balaban J connectivity index is 1.53. The first kappa shape index (κ1) is 15.0. The van der Waals surface area contributed by atoms with E-state index in [0.717, 1.165) is 18.7 Å². The second-order valence-corrected chi connectivity index (χ2v) is 6.04. The van der Waals surface area contributed by atoms with Crippen molar-refractivity contribution in [2.24, 2.45) is 4.99 Å². The highest BCUT2D eigenvalue weighted by Gasteiger charge is 2.24. The summed E-state index contributed by atoms with van der Waals surface area (Å²) in [6, 6.07) is 1.86. The number of hydrogen-bond acceptors (Lipinski definition) is 8. The molecule has 2 aliphatic heterocycles. The number of anilines is 1. The first-order valence-corrected chi connectivity index (χ1v) is 8.44. The Bertz CT molecular complexity index is 793. The van der Waals surface area contributed by atoms with Gasteiger partial charge >= 0.3 is 5.97 Å². The van der Waals surface area contributed by atoms with Crippen LogP contribution >= 0.6 is 11.3 Å². The molecule has 0 N–H and O–H groups in total. The molecule has 4 heterocycles. The van der Waals surface area contributed by atoms with Gasteiger partial charge < -0.3 is 14.4 Å². The van der Waals surface area contributed by atoms with Crippen LogP contribution in [0.5, 0.6) is 0 Å². The largest absolute Gasteiger partial charge is 0.402 e. The van der Waals surface area contributed by atoms with Gasteiger partial charge in [0.25, 0.3) is 0 Å². The summed E-state index contributed by atoms with van der Waals surface area (Å²) in [5.41, 5.74) is 1.75. The quantitative estimate of drug-likeness (QED) is 0.624. The molecule has 0 spiro atoms. The molecule has 2 aromatic heterocycles. The van der Waals surface area contributed by atoms with Gasteiger partial charge in [-0.1, -0.05) is 0 Å². The van der Waals surface area contributed by atoms with E-state index in [1.807, 2.05) is 16.8 Å². The topological polar surface area (TPSA) is 76.9 Å². The van der Waals surface area contributed by atoms with E-state index in [1.54, 1.807) is 18.5 Å². The molecule has 2 aliphatic rings. The third-order valence-corrected chi connectivity index (χ3v) is 4.33. The summed E-state index contributed by atoms with van der Waals surface area (Å²) in [5.74, 6) is 0.531. The molecule has 0 atom stereocenters. The van der Waals surface area contributed by atoms with Gasteiger partial charge in [0.05, 0.1) is 13.2 Å². The number of aromatic nitrogens is 2. The van der Waals surface area contributed by atoms with Crippen molar-refractivity contribution in [3.8, 4) is 0 Å². The lowest BCUT2D eigenvalue weighted by molar-refractivity contribution is -0.129. The zero-order valence-electron chi connectivity index (χ0n) is 12.7. The van der Waals surface area contributed by atoms with Crippen molar-refractivity contribution in [1.29, 1.82) is 0 Å². The molecule has 7 nitrogen and oxygen atoms in total.